The number of hydrogen-bond acceptors (Lipinski definition) is 2. The van der Waals surface area contributed by atoms with Crippen molar-refractivity contribution in [2.24, 2.45) is 11.1 Å². The van der Waals surface area contributed by atoms with Crippen LogP contribution in [0.1, 0.15) is 19.8 Å². The lowest BCUT2D eigenvalue weighted by Crippen LogP contribution is -2.44. The van der Waals surface area contributed by atoms with Gasteiger partial charge in [-0.15, -0.1) is 0 Å². The molecule has 4 nitrogen and oxygen atoms in total. The van der Waals surface area contributed by atoms with E-state index in [4.69, 9.17) is 10.8 Å². The Morgan fingerprint density at radius 2 is 2.08 bits per heavy atom. The number of nitrogens with zero attached hydrogens (tertiary/aromatic N) is 1. The predicted molar refractivity (Wildman–Crippen MR) is 46.0 cm³/mol. The van der Waals surface area contributed by atoms with E-state index in [1.54, 1.807) is 0 Å². The Balaban J connectivity index is 2.44. The Morgan fingerprint density at radius 1 is 1.58 bits per heavy atom. The first-order chi connectivity index (χ1) is 5.57. The highest BCUT2D eigenvalue weighted by Crippen LogP contribution is 2.29. The zero-order valence-electron chi connectivity index (χ0n) is 7.42. The molecule has 70 valence electrons. The number of carbonyl (C=O) groups is 1. The van der Waals surface area contributed by atoms with Gasteiger partial charge in [-0.05, 0) is 24.8 Å². The van der Waals surface area contributed by atoms with E-state index in [1.165, 1.54) is 4.90 Å². The summed E-state index contributed by atoms with van der Waals surface area (Å²) < 4.78 is 0. The van der Waals surface area contributed by atoms with Crippen molar-refractivity contribution in [1.29, 1.82) is 0 Å². The van der Waals surface area contributed by atoms with E-state index in [1.807, 2.05) is 0 Å². The molecule has 12 heavy (non-hydrogen) atoms. The van der Waals surface area contributed by atoms with Gasteiger partial charge in [0.15, 0.2) is 0 Å². The van der Waals surface area contributed by atoms with Crippen molar-refractivity contribution in [3.05, 3.63) is 0 Å². The molecule has 1 rings (SSSR count). The van der Waals surface area contributed by atoms with Crippen LogP contribution in [0.2, 0.25) is 0 Å². The summed E-state index contributed by atoms with van der Waals surface area (Å²) in [4.78, 5) is 12.0. The minimum atomic E-state index is -0.811. The first-order valence-electron chi connectivity index (χ1n) is 4.25. The molecule has 0 aromatic heterocycles. The van der Waals surface area contributed by atoms with Crippen molar-refractivity contribution >= 4 is 6.09 Å². The molecule has 0 aliphatic carbocycles. The van der Waals surface area contributed by atoms with Gasteiger partial charge in [0.2, 0.25) is 0 Å². The third kappa shape index (κ3) is 1.88. The summed E-state index contributed by atoms with van der Waals surface area (Å²) >= 11 is 0. The second kappa shape index (κ2) is 3.31. The van der Waals surface area contributed by atoms with Gasteiger partial charge in [-0.1, -0.05) is 6.92 Å². The molecule has 1 fully saturated rings. The van der Waals surface area contributed by atoms with Crippen LogP contribution in [-0.2, 0) is 0 Å². The quantitative estimate of drug-likeness (QED) is 0.612. The van der Waals surface area contributed by atoms with Crippen LogP contribution in [0, 0.1) is 5.41 Å². The van der Waals surface area contributed by atoms with Gasteiger partial charge in [0.25, 0.3) is 0 Å². The molecule has 0 unspecified atom stereocenters. The molecular formula is C8H16N2O2. The maximum atomic E-state index is 10.5. The Kier molecular flexibility index (Phi) is 2.57. The third-order valence-electron chi connectivity index (χ3n) is 2.73. The molecule has 1 saturated heterocycles. The first-order valence-corrected chi connectivity index (χ1v) is 4.25. The van der Waals surface area contributed by atoms with Gasteiger partial charge in [-0.25, -0.2) is 4.79 Å². The smallest absolute Gasteiger partial charge is 0.407 e. The van der Waals surface area contributed by atoms with Gasteiger partial charge in [0.05, 0.1) is 0 Å². The summed E-state index contributed by atoms with van der Waals surface area (Å²) in [5.74, 6) is 0. The number of amides is 1. The average Bonchev–Trinajstić information content (AvgIpc) is 2.05. The molecule has 1 aliphatic rings. The zero-order chi connectivity index (χ0) is 9.19. The van der Waals surface area contributed by atoms with Crippen molar-refractivity contribution < 1.29 is 9.90 Å². The van der Waals surface area contributed by atoms with E-state index in [2.05, 4.69) is 6.92 Å². The molecule has 0 spiro atoms. The topological polar surface area (TPSA) is 66.6 Å². The maximum Gasteiger partial charge on any atom is 0.407 e. The number of likely N-dealkylation sites (tertiary alicyclic amines) is 1. The van der Waals surface area contributed by atoms with E-state index in [0.29, 0.717) is 19.6 Å². The molecule has 1 amide bonds. The Labute approximate surface area is 72.3 Å². The fourth-order valence-corrected chi connectivity index (χ4v) is 1.44. The largest absolute Gasteiger partial charge is 0.465 e. The summed E-state index contributed by atoms with van der Waals surface area (Å²) in [7, 11) is 0. The van der Waals surface area contributed by atoms with E-state index in [-0.39, 0.29) is 5.41 Å². The number of piperidine rings is 1. The van der Waals surface area contributed by atoms with Crippen molar-refractivity contribution in [1.82, 2.24) is 4.90 Å². The average molecular weight is 172 g/mol. The lowest BCUT2D eigenvalue weighted by molar-refractivity contribution is 0.101. The van der Waals surface area contributed by atoms with E-state index < -0.39 is 6.09 Å². The number of nitrogens with two attached hydrogens (primary N) is 1. The van der Waals surface area contributed by atoms with Crippen LogP contribution in [0.15, 0.2) is 0 Å². The van der Waals surface area contributed by atoms with Gasteiger partial charge >= 0.3 is 6.09 Å². The first kappa shape index (κ1) is 9.32. The Bertz CT molecular complexity index is 174. The predicted octanol–water partition coefficient (Wildman–Crippen LogP) is 0.725. The molecule has 1 aliphatic heterocycles. The SMILES string of the molecule is CC1(CN)CCN(C(=O)O)CC1. The highest BCUT2D eigenvalue weighted by atomic mass is 16.4. The van der Waals surface area contributed by atoms with Crippen LogP contribution in [0.25, 0.3) is 0 Å². The zero-order valence-corrected chi connectivity index (χ0v) is 7.42. The van der Waals surface area contributed by atoms with Gasteiger partial charge in [-0.2, -0.15) is 0 Å². The molecule has 1 heterocycles. The normalized spacial score (nSPS) is 22.3. The van der Waals surface area contributed by atoms with Crippen LogP contribution in [-0.4, -0.2) is 35.7 Å². The highest BCUT2D eigenvalue weighted by molar-refractivity contribution is 5.65. The third-order valence-corrected chi connectivity index (χ3v) is 2.73. The van der Waals surface area contributed by atoms with Crippen molar-refractivity contribution in [3.63, 3.8) is 0 Å². The summed E-state index contributed by atoms with van der Waals surface area (Å²) in [6, 6.07) is 0. The minimum Gasteiger partial charge on any atom is -0.465 e. The summed E-state index contributed by atoms with van der Waals surface area (Å²) in [6.07, 6.45) is 0.958. The van der Waals surface area contributed by atoms with E-state index in [9.17, 15) is 4.79 Å². The van der Waals surface area contributed by atoms with E-state index in [0.717, 1.165) is 12.8 Å². The monoisotopic (exact) mass is 172 g/mol. The van der Waals surface area contributed by atoms with Gasteiger partial charge in [-0.3, -0.25) is 0 Å². The fourth-order valence-electron chi connectivity index (χ4n) is 1.44. The lowest BCUT2D eigenvalue weighted by atomic mass is 9.81. The fraction of sp³-hybridized carbons (Fsp3) is 0.875. The molecule has 0 atom stereocenters. The summed E-state index contributed by atoms with van der Waals surface area (Å²) in [5, 5.41) is 8.68. The van der Waals surface area contributed by atoms with Gasteiger partial charge in [0.1, 0.15) is 0 Å². The maximum absolute atomic E-state index is 10.5. The second-order valence-electron chi connectivity index (χ2n) is 3.78. The molecule has 0 radical (unpaired) electrons. The number of carboxylic acid groups (broad SMARTS) is 1. The van der Waals surface area contributed by atoms with Gasteiger partial charge < -0.3 is 15.7 Å². The van der Waals surface area contributed by atoms with Crippen LogP contribution in [0.4, 0.5) is 4.79 Å². The van der Waals surface area contributed by atoms with Crippen LogP contribution < -0.4 is 5.73 Å². The van der Waals surface area contributed by atoms with Crippen LogP contribution in [0.3, 0.4) is 0 Å². The Hall–Kier alpha value is -0.770. The molecule has 0 saturated carbocycles. The highest BCUT2D eigenvalue weighted by Gasteiger charge is 2.30. The number of hydrogen-bond donors (Lipinski definition) is 2. The molecule has 3 N–H and O–H groups in total. The lowest BCUT2D eigenvalue weighted by Gasteiger charge is -2.37. The van der Waals surface area contributed by atoms with Crippen molar-refractivity contribution in [3.8, 4) is 0 Å². The summed E-state index contributed by atoms with van der Waals surface area (Å²) in [6.45, 7) is 4.03. The molecule has 0 bridgehead atoms. The van der Waals surface area contributed by atoms with Crippen molar-refractivity contribution in [2.75, 3.05) is 19.6 Å². The number of rotatable bonds is 1. The van der Waals surface area contributed by atoms with Crippen LogP contribution in [0.5, 0.6) is 0 Å². The minimum absolute atomic E-state index is 0.159. The molecule has 0 aromatic carbocycles. The molecular weight excluding hydrogens is 156 g/mol. The Morgan fingerprint density at radius 3 is 2.42 bits per heavy atom. The van der Waals surface area contributed by atoms with Gasteiger partial charge in [0, 0.05) is 13.1 Å². The standard InChI is InChI=1S/C8H16N2O2/c1-8(6-9)2-4-10(5-3-8)7(11)12/h2-6,9H2,1H3,(H,11,12). The van der Waals surface area contributed by atoms with Crippen molar-refractivity contribution in [2.45, 2.75) is 19.8 Å². The summed E-state index contributed by atoms with van der Waals surface area (Å²) in [5.41, 5.74) is 5.75. The second-order valence-corrected chi connectivity index (χ2v) is 3.78. The molecule has 4 heteroatoms. The van der Waals surface area contributed by atoms with Crippen LogP contribution >= 0.6 is 0 Å². The van der Waals surface area contributed by atoms with E-state index >= 15 is 0 Å². The molecule has 0 aromatic rings.